The van der Waals surface area contributed by atoms with Gasteiger partial charge in [0.25, 0.3) is 0 Å². The van der Waals surface area contributed by atoms with Crippen molar-refractivity contribution >= 4 is 24.3 Å². The van der Waals surface area contributed by atoms with Crippen molar-refractivity contribution in [2.24, 2.45) is 0 Å². The third-order valence-electron chi connectivity index (χ3n) is 2.19. The summed E-state index contributed by atoms with van der Waals surface area (Å²) < 4.78 is 0. The Labute approximate surface area is 77.5 Å². The molecule has 12 heavy (non-hydrogen) atoms. The highest BCUT2D eigenvalue weighted by atomic mass is 32.1. The Kier molecular flexibility index (Phi) is 2.77. The van der Waals surface area contributed by atoms with E-state index in [4.69, 9.17) is 0 Å². The second-order valence-electron chi connectivity index (χ2n) is 3.11. The monoisotopic (exact) mass is 187 g/mol. The SMILES string of the molecule is CC(=O)C1CCC(S)N1C(C)=O. The third-order valence-corrected chi connectivity index (χ3v) is 2.70. The van der Waals surface area contributed by atoms with Crippen molar-refractivity contribution in [2.45, 2.75) is 38.1 Å². The van der Waals surface area contributed by atoms with Crippen LogP contribution in [0.15, 0.2) is 0 Å². The fourth-order valence-corrected chi connectivity index (χ4v) is 2.09. The molecule has 68 valence electrons. The molecule has 0 N–H and O–H groups in total. The molecule has 0 aromatic heterocycles. The molecule has 0 bridgehead atoms. The van der Waals surface area contributed by atoms with Gasteiger partial charge in [-0.2, -0.15) is 12.6 Å². The van der Waals surface area contributed by atoms with Gasteiger partial charge in [-0.15, -0.1) is 0 Å². The van der Waals surface area contributed by atoms with Crippen molar-refractivity contribution in [3.05, 3.63) is 0 Å². The molecule has 1 saturated heterocycles. The summed E-state index contributed by atoms with van der Waals surface area (Å²) in [6, 6.07) is -0.231. The normalized spacial score (nSPS) is 29.1. The molecule has 3 nitrogen and oxygen atoms in total. The Balaban J connectivity index is 2.77. The number of hydrogen-bond acceptors (Lipinski definition) is 3. The lowest BCUT2D eigenvalue weighted by Crippen LogP contribution is -2.41. The first kappa shape index (κ1) is 9.58. The molecular weight excluding hydrogens is 174 g/mol. The molecule has 1 amide bonds. The molecule has 2 unspecified atom stereocenters. The highest BCUT2D eigenvalue weighted by Gasteiger charge is 2.35. The van der Waals surface area contributed by atoms with Crippen LogP contribution in [0.4, 0.5) is 0 Å². The lowest BCUT2D eigenvalue weighted by molar-refractivity contribution is -0.135. The predicted octanol–water partition coefficient (Wildman–Crippen LogP) is 0.842. The summed E-state index contributed by atoms with van der Waals surface area (Å²) in [5.41, 5.74) is 0. The Morgan fingerprint density at radius 3 is 2.25 bits per heavy atom. The third kappa shape index (κ3) is 1.63. The van der Waals surface area contributed by atoms with Crippen molar-refractivity contribution < 1.29 is 9.59 Å². The van der Waals surface area contributed by atoms with Gasteiger partial charge in [0.15, 0.2) is 5.78 Å². The highest BCUT2D eigenvalue weighted by molar-refractivity contribution is 7.80. The molecular formula is C8H13NO2S. The van der Waals surface area contributed by atoms with E-state index in [0.717, 1.165) is 12.8 Å². The molecule has 1 fully saturated rings. The van der Waals surface area contributed by atoms with Gasteiger partial charge in [-0.25, -0.2) is 0 Å². The van der Waals surface area contributed by atoms with Crippen molar-refractivity contribution in [3.8, 4) is 0 Å². The molecule has 4 heteroatoms. The summed E-state index contributed by atoms with van der Waals surface area (Å²) in [6.07, 6.45) is 1.57. The van der Waals surface area contributed by atoms with E-state index >= 15 is 0 Å². The largest absolute Gasteiger partial charge is 0.321 e. The molecule has 1 rings (SSSR count). The van der Waals surface area contributed by atoms with E-state index in [0.29, 0.717) is 0 Å². The highest BCUT2D eigenvalue weighted by Crippen LogP contribution is 2.26. The molecule has 0 saturated carbocycles. The van der Waals surface area contributed by atoms with Gasteiger partial charge in [-0.05, 0) is 19.8 Å². The van der Waals surface area contributed by atoms with Gasteiger partial charge in [-0.3, -0.25) is 9.59 Å². The summed E-state index contributed by atoms with van der Waals surface area (Å²) in [5, 5.41) is -0.0728. The van der Waals surface area contributed by atoms with Gasteiger partial charge in [-0.1, -0.05) is 0 Å². The minimum Gasteiger partial charge on any atom is -0.321 e. The number of rotatable bonds is 1. The number of nitrogens with zero attached hydrogens (tertiary/aromatic N) is 1. The lowest BCUT2D eigenvalue weighted by atomic mass is 10.1. The van der Waals surface area contributed by atoms with Crippen LogP contribution in [0.25, 0.3) is 0 Å². The number of carbonyl (C=O) groups is 2. The molecule has 1 heterocycles. The molecule has 1 aliphatic heterocycles. The first-order valence-corrected chi connectivity index (χ1v) is 4.53. The molecule has 0 radical (unpaired) electrons. The Hall–Kier alpha value is -0.510. The van der Waals surface area contributed by atoms with Gasteiger partial charge in [0.05, 0.1) is 11.4 Å². The van der Waals surface area contributed by atoms with Gasteiger partial charge >= 0.3 is 0 Å². The van der Waals surface area contributed by atoms with E-state index in [1.165, 1.54) is 13.8 Å². The van der Waals surface area contributed by atoms with E-state index in [-0.39, 0.29) is 23.1 Å². The number of thiol groups is 1. The number of ketones is 1. The summed E-state index contributed by atoms with van der Waals surface area (Å²) in [7, 11) is 0. The fourth-order valence-electron chi connectivity index (χ4n) is 1.62. The van der Waals surface area contributed by atoms with Crippen molar-refractivity contribution in [1.82, 2.24) is 4.90 Å². The first-order chi connectivity index (χ1) is 5.54. The molecule has 0 aromatic rings. The van der Waals surface area contributed by atoms with Crippen LogP contribution in [0.5, 0.6) is 0 Å². The maximum atomic E-state index is 11.1. The summed E-state index contributed by atoms with van der Waals surface area (Å²) in [5.74, 6) is -0.00514. The van der Waals surface area contributed by atoms with Crippen LogP contribution in [0.1, 0.15) is 26.7 Å². The van der Waals surface area contributed by atoms with Crippen molar-refractivity contribution in [2.75, 3.05) is 0 Å². The van der Waals surface area contributed by atoms with Crippen LogP contribution >= 0.6 is 12.6 Å². The average Bonchev–Trinajstić information content (AvgIpc) is 2.30. The quantitative estimate of drug-likeness (QED) is 0.618. The predicted molar refractivity (Wildman–Crippen MR) is 49.0 cm³/mol. The maximum absolute atomic E-state index is 11.1. The van der Waals surface area contributed by atoms with Gasteiger partial charge in [0.2, 0.25) is 5.91 Å². The Bertz CT molecular complexity index is 217. The zero-order valence-electron chi connectivity index (χ0n) is 7.28. The zero-order valence-corrected chi connectivity index (χ0v) is 8.17. The molecule has 1 aliphatic rings. The van der Waals surface area contributed by atoms with Crippen LogP contribution in [0.2, 0.25) is 0 Å². The second kappa shape index (κ2) is 3.47. The van der Waals surface area contributed by atoms with E-state index < -0.39 is 0 Å². The van der Waals surface area contributed by atoms with Gasteiger partial charge in [0, 0.05) is 6.92 Å². The Morgan fingerprint density at radius 2 is 1.92 bits per heavy atom. The minimum absolute atomic E-state index is 0.0572. The number of carbonyl (C=O) groups excluding carboxylic acids is 2. The average molecular weight is 187 g/mol. The zero-order chi connectivity index (χ0) is 9.30. The summed E-state index contributed by atoms with van der Waals surface area (Å²) in [6.45, 7) is 3.00. The topological polar surface area (TPSA) is 37.4 Å². The number of Topliss-reactive ketones (excluding diaryl/α,β-unsaturated/α-hetero) is 1. The standard InChI is InChI=1S/C8H13NO2S/c1-5(10)7-3-4-8(12)9(7)6(2)11/h7-8,12H,3-4H2,1-2H3. The minimum atomic E-state index is -0.231. The smallest absolute Gasteiger partial charge is 0.220 e. The number of amides is 1. The maximum Gasteiger partial charge on any atom is 0.220 e. The molecule has 2 atom stereocenters. The van der Waals surface area contributed by atoms with E-state index in [1.54, 1.807) is 4.90 Å². The van der Waals surface area contributed by atoms with E-state index in [1.807, 2.05) is 0 Å². The number of likely N-dealkylation sites (tertiary alicyclic amines) is 1. The lowest BCUT2D eigenvalue weighted by Gasteiger charge is -2.24. The second-order valence-corrected chi connectivity index (χ2v) is 3.71. The summed E-state index contributed by atoms with van der Waals surface area (Å²) in [4.78, 5) is 23.7. The van der Waals surface area contributed by atoms with Crippen LogP contribution < -0.4 is 0 Å². The van der Waals surface area contributed by atoms with Gasteiger partial charge < -0.3 is 4.90 Å². The van der Waals surface area contributed by atoms with Crippen molar-refractivity contribution in [1.29, 1.82) is 0 Å². The van der Waals surface area contributed by atoms with E-state index in [2.05, 4.69) is 12.6 Å². The van der Waals surface area contributed by atoms with Crippen LogP contribution in [0.3, 0.4) is 0 Å². The summed E-state index contributed by atoms with van der Waals surface area (Å²) >= 11 is 4.23. The van der Waals surface area contributed by atoms with Crippen molar-refractivity contribution in [3.63, 3.8) is 0 Å². The van der Waals surface area contributed by atoms with E-state index in [9.17, 15) is 9.59 Å². The first-order valence-electron chi connectivity index (χ1n) is 4.01. The van der Waals surface area contributed by atoms with Crippen LogP contribution in [0, 0.1) is 0 Å². The molecule has 0 spiro atoms. The van der Waals surface area contributed by atoms with Crippen LogP contribution in [-0.2, 0) is 9.59 Å². The fraction of sp³-hybridized carbons (Fsp3) is 0.750. The molecule has 0 aliphatic carbocycles. The Morgan fingerprint density at radius 1 is 1.33 bits per heavy atom. The number of hydrogen-bond donors (Lipinski definition) is 1. The molecule has 0 aromatic carbocycles. The van der Waals surface area contributed by atoms with Crippen LogP contribution in [-0.4, -0.2) is 28.0 Å². The van der Waals surface area contributed by atoms with Gasteiger partial charge in [0.1, 0.15) is 0 Å².